The number of urea groups is 1. The molecule has 0 aliphatic rings. The topological polar surface area (TPSA) is 96.3 Å². The third-order valence-corrected chi connectivity index (χ3v) is 0.941. The standard InChI is InChI=1S/C5H6N4O3/c10-4(7-5(11)12)8-9-3-1-2-6-9/h1-3H,(H,11,12)(H2,7,8,10). The van der Waals surface area contributed by atoms with Gasteiger partial charge in [0.25, 0.3) is 0 Å². The number of rotatable bonds is 1. The Morgan fingerprint density at radius 2 is 2.25 bits per heavy atom. The lowest BCUT2D eigenvalue weighted by atomic mass is 10.8. The minimum atomic E-state index is -1.42. The van der Waals surface area contributed by atoms with Gasteiger partial charge in [-0.05, 0) is 6.07 Å². The maximum atomic E-state index is 10.7. The molecular weight excluding hydrogens is 164 g/mol. The summed E-state index contributed by atoms with van der Waals surface area (Å²) in [5, 5.41) is 13.3. The van der Waals surface area contributed by atoms with Crippen molar-refractivity contribution in [2.24, 2.45) is 0 Å². The number of hydrogen-bond donors (Lipinski definition) is 3. The summed E-state index contributed by atoms with van der Waals surface area (Å²) in [6, 6.07) is 0.729. The molecule has 0 aliphatic heterocycles. The molecule has 1 rings (SSSR count). The molecule has 7 nitrogen and oxygen atoms in total. The molecule has 7 heteroatoms. The average Bonchev–Trinajstić information content (AvgIpc) is 2.37. The summed E-state index contributed by atoms with van der Waals surface area (Å²) in [5.74, 6) is 0. The van der Waals surface area contributed by atoms with E-state index in [1.807, 2.05) is 0 Å². The van der Waals surface area contributed by atoms with Crippen molar-refractivity contribution in [1.82, 2.24) is 15.2 Å². The summed E-state index contributed by atoms with van der Waals surface area (Å²) in [4.78, 5) is 21.7. The number of imide groups is 1. The van der Waals surface area contributed by atoms with Crippen LogP contribution in [-0.4, -0.2) is 27.1 Å². The van der Waals surface area contributed by atoms with E-state index in [2.05, 4.69) is 10.5 Å². The Morgan fingerprint density at radius 1 is 1.50 bits per heavy atom. The molecule has 0 saturated heterocycles. The van der Waals surface area contributed by atoms with Crippen LogP contribution in [0.5, 0.6) is 0 Å². The van der Waals surface area contributed by atoms with Crippen LogP contribution in [0.2, 0.25) is 0 Å². The fourth-order valence-corrected chi connectivity index (χ4v) is 0.564. The van der Waals surface area contributed by atoms with Crippen LogP contribution in [0.3, 0.4) is 0 Å². The van der Waals surface area contributed by atoms with Crippen molar-refractivity contribution in [3.05, 3.63) is 18.5 Å². The van der Waals surface area contributed by atoms with Crippen molar-refractivity contribution in [2.45, 2.75) is 0 Å². The highest BCUT2D eigenvalue weighted by Gasteiger charge is 2.03. The molecule has 0 radical (unpaired) electrons. The van der Waals surface area contributed by atoms with E-state index in [0.717, 1.165) is 4.79 Å². The monoisotopic (exact) mass is 170 g/mol. The Morgan fingerprint density at radius 3 is 2.75 bits per heavy atom. The summed E-state index contributed by atoms with van der Waals surface area (Å²) in [6.45, 7) is 0. The van der Waals surface area contributed by atoms with Crippen LogP contribution in [0.1, 0.15) is 0 Å². The minimum Gasteiger partial charge on any atom is -0.465 e. The van der Waals surface area contributed by atoms with Gasteiger partial charge in [-0.25, -0.2) is 20.3 Å². The molecule has 3 N–H and O–H groups in total. The third kappa shape index (κ3) is 2.29. The van der Waals surface area contributed by atoms with Gasteiger partial charge in [0.1, 0.15) is 0 Å². The Labute approximate surface area is 67.0 Å². The number of carbonyl (C=O) groups excluding carboxylic acids is 1. The quantitative estimate of drug-likeness (QED) is 0.544. The number of aromatic nitrogens is 2. The number of nitrogens with zero attached hydrogens (tertiary/aromatic N) is 2. The van der Waals surface area contributed by atoms with Crippen LogP contribution in [-0.2, 0) is 0 Å². The number of hydrogen-bond acceptors (Lipinski definition) is 3. The van der Waals surface area contributed by atoms with E-state index in [1.54, 1.807) is 11.4 Å². The normalized spacial score (nSPS) is 9.00. The van der Waals surface area contributed by atoms with Gasteiger partial charge in [0.05, 0.1) is 6.20 Å². The lowest BCUT2D eigenvalue weighted by Crippen LogP contribution is -2.37. The van der Waals surface area contributed by atoms with Crippen LogP contribution in [0.25, 0.3) is 0 Å². The maximum Gasteiger partial charge on any atom is 0.412 e. The highest BCUT2D eigenvalue weighted by Crippen LogP contribution is 1.78. The first-order valence-electron chi connectivity index (χ1n) is 2.99. The molecule has 0 spiro atoms. The second-order valence-corrected chi connectivity index (χ2v) is 1.82. The molecular formula is C5H6N4O3. The van der Waals surface area contributed by atoms with Crippen molar-refractivity contribution in [1.29, 1.82) is 0 Å². The number of nitrogens with one attached hydrogen (secondary N) is 2. The largest absolute Gasteiger partial charge is 0.465 e. The van der Waals surface area contributed by atoms with Gasteiger partial charge < -0.3 is 5.11 Å². The second-order valence-electron chi connectivity index (χ2n) is 1.82. The van der Waals surface area contributed by atoms with Gasteiger partial charge in [-0.15, -0.1) is 0 Å². The van der Waals surface area contributed by atoms with Crippen LogP contribution >= 0.6 is 0 Å². The lowest BCUT2D eigenvalue weighted by molar-refractivity contribution is 0.193. The highest BCUT2D eigenvalue weighted by molar-refractivity contribution is 5.94. The Bertz CT molecular complexity index is 281. The van der Waals surface area contributed by atoms with Gasteiger partial charge in [-0.2, -0.15) is 9.89 Å². The highest BCUT2D eigenvalue weighted by atomic mass is 16.4. The van der Waals surface area contributed by atoms with Gasteiger partial charge in [0, 0.05) is 6.20 Å². The number of amides is 3. The number of carbonyl (C=O) groups is 2. The number of carboxylic acid groups (broad SMARTS) is 1. The predicted molar refractivity (Wildman–Crippen MR) is 38.1 cm³/mol. The predicted octanol–water partition coefficient (Wildman–Crippen LogP) is -0.186. The Balaban J connectivity index is 2.42. The summed E-state index contributed by atoms with van der Waals surface area (Å²) < 4.78 is 0. The molecule has 0 atom stereocenters. The van der Waals surface area contributed by atoms with Crippen molar-refractivity contribution in [3.8, 4) is 0 Å². The van der Waals surface area contributed by atoms with E-state index in [0.29, 0.717) is 0 Å². The van der Waals surface area contributed by atoms with Gasteiger partial charge in [-0.3, -0.25) is 0 Å². The molecule has 1 aromatic heterocycles. The molecule has 3 amide bonds. The van der Waals surface area contributed by atoms with Crippen LogP contribution in [0.15, 0.2) is 18.5 Å². The maximum absolute atomic E-state index is 10.7. The van der Waals surface area contributed by atoms with Gasteiger partial charge in [0.2, 0.25) is 0 Å². The molecule has 64 valence electrons. The van der Waals surface area contributed by atoms with E-state index in [1.165, 1.54) is 12.4 Å². The molecule has 0 bridgehead atoms. The van der Waals surface area contributed by atoms with Gasteiger partial charge >= 0.3 is 12.1 Å². The second kappa shape index (κ2) is 3.37. The smallest absolute Gasteiger partial charge is 0.412 e. The third-order valence-electron chi connectivity index (χ3n) is 0.941. The zero-order valence-corrected chi connectivity index (χ0v) is 5.89. The van der Waals surface area contributed by atoms with E-state index in [9.17, 15) is 9.59 Å². The summed E-state index contributed by atoms with van der Waals surface area (Å²) >= 11 is 0. The molecule has 0 aliphatic carbocycles. The molecule has 0 aromatic carbocycles. The average molecular weight is 170 g/mol. The molecule has 0 unspecified atom stereocenters. The van der Waals surface area contributed by atoms with E-state index >= 15 is 0 Å². The van der Waals surface area contributed by atoms with Crippen LogP contribution < -0.4 is 10.7 Å². The van der Waals surface area contributed by atoms with E-state index in [4.69, 9.17) is 5.11 Å². The minimum absolute atomic E-state index is 0.855. The SMILES string of the molecule is O=C(O)NC(=O)Nn1cccn1. The van der Waals surface area contributed by atoms with Crippen molar-refractivity contribution < 1.29 is 14.7 Å². The molecule has 0 saturated carbocycles. The zero-order chi connectivity index (χ0) is 8.97. The molecule has 1 aromatic rings. The Kier molecular flexibility index (Phi) is 2.26. The van der Waals surface area contributed by atoms with Crippen molar-refractivity contribution >= 4 is 12.1 Å². The fourth-order valence-electron chi connectivity index (χ4n) is 0.564. The zero-order valence-electron chi connectivity index (χ0n) is 5.89. The van der Waals surface area contributed by atoms with Gasteiger partial charge in [0.15, 0.2) is 0 Å². The first-order valence-corrected chi connectivity index (χ1v) is 2.99. The van der Waals surface area contributed by atoms with Gasteiger partial charge in [-0.1, -0.05) is 0 Å². The Hall–Kier alpha value is -2.05. The first-order chi connectivity index (χ1) is 5.68. The summed E-state index contributed by atoms with van der Waals surface area (Å²) in [5.41, 5.74) is 2.13. The fraction of sp³-hybridized carbons (Fsp3) is 0. The molecule has 12 heavy (non-hydrogen) atoms. The van der Waals surface area contributed by atoms with E-state index in [-0.39, 0.29) is 0 Å². The lowest BCUT2D eigenvalue weighted by Gasteiger charge is -2.02. The molecule has 0 fully saturated rings. The van der Waals surface area contributed by atoms with Crippen LogP contribution in [0, 0.1) is 0 Å². The van der Waals surface area contributed by atoms with Crippen LogP contribution in [0.4, 0.5) is 9.59 Å². The van der Waals surface area contributed by atoms with Crippen molar-refractivity contribution in [2.75, 3.05) is 5.43 Å². The first kappa shape index (κ1) is 8.05. The van der Waals surface area contributed by atoms with E-state index < -0.39 is 12.1 Å². The summed E-state index contributed by atoms with van der Waals surface area (Å²) in [6.07, 6.45) is 1.49. The summed E-state index contributed by atoms with van der Waals surface area (Å²) in [7, 11) is 0. The molecule has 1 heterocycles. The van der Waals surface area contributed by atoms with Crippen molar-refractivity contribution in [3.63, 3.8) is 0 Å².